The Morgan fingerprint density at radius 3 is 2.55 bits per heavy atom. The maximum absolute atomic E-state index is 11.9. The van der Waals surface area contributed by atoms with Crippen molar-refractivity contribution < 1.29 is 9.72 Å². The maximum atomic E-state index is 11.9. The number of urea groups is 1. The summed E-state index contributed by atoms with van der Waals surface area (Å²) in [6, 6.07) is 5.41. The van der Waals surface area contributed by atoms with Crippen LogP contribution in [0, 0.1) is 10.1 Å². The summed E-state index contributed by atoms with van der Waals surface area (Å²) in [6.07, 6.45) is 0. The number of nitrogens with one attached hydrogen (secondary N) is 1. The molecule has 106 valence electrons. The monoisotopic (exact) mass is 359 g/mol. The van der Waals surface area contributed by atoms with Gasteiger partial charge < -0.3 is 5.32 Å². The Bertz CT molecular complexity index is 588. The van der Waals surface area contributed by atoms with Crippen molar-refractivity contribution in [2.24, 2.45) is 0 Å². The maximum Gasteiger partial charge on any atom is 0.322 e. The number of alkyl halides is 1. The summed E-state index contributed by atoms with van der Waals surface area (Å²) in [7, 11) is 1.49. The molecule has 6 nitrogen and oxygen atoms in total. The highest BCUT2D eigenvalue weighted by Gasteiger charge is 2.39. The quantitative estimate of drug-likeness (QED) is 0.511. The van der Waals surface area contributed by atoms with Crippen LogP contribution < -0.4 is 5.32 Å². The number of rotatable bonds is 3. The molecule has 1 aromatic rings. The molecular weight excluding hydrogens is 350 g/mol. The molecule has 1 aliphatic rings. The summed E-state index contributed by atoms with van der Waals surface area (Å²) in [5, 5.41) is 14.7. The number of nitrogens with zero attached hydrogens (tertiary/aromatic N) is 2. The number of hydrogen-bond donors (Lipinski definition) is 1. The zero-order valence-electron chi connectivity index (χ0n) is 10.5. The van der Waals surface area contributed by atoms with Crippen LogP contribution in [0.5, 0.6) is 0 Å². The molecular formula is C12H11BrClN3O3. The Balaban J connectivity index is 2.55. The van der Waals surface area contributed by atoms with Gasteiger partial charge in [0.25, 0.3) is 5.70 Å². The first-order valence-corrected chi connectivity index (χ1v) is 7.18. The van der Waals surface area contributed by atoms with E-state index in [0.717, 1.165) is 0 Å². The van der Waals surface area contributed by atoms with E-state index in [-0.39, 0.29) is 17.1 Å². The fourth-order valence-electron chi connectivity index (χ4n) is 2.01. The van der Waals surface area contributed by atoms with E-state index in [4.69, 9.17) is 11.6 Å². The minimum atomic E-state index is -0.793. The Hall–Kier alpha value is -1.60. The van der Waals surface area contributed by atoms with Gasteiger partial charge in [0.1, 0.15) is 11.7 Å². The van der Waals surface area contributed by atoms with Gasteiger partial charge in [0.05, 0.1) is 10.3 Å². The van der Waals surface area contributed by atoms with Gasteiger partial charge in [-0.05, 0) is 17.7 Å². The van der Waals surface area contributed by atoms with Gasteiger partial charge >= 0.3 is 6.03 Å². The van der Waals surface area contributed by atoms with E-state index in [0.29, 0.717) is 16.3 Å². The van der Waals surface area contributed by atoms with E-state index in [1.54, 1.807) is 24.3 Å². The molecule has 1 unspecified atom stereocenters. The van der Waals surface area contributed by atoms with E-state index < -0.39 is 11.0 Å². The summed E-state index contributed by atoms with van der Waals surface area (Å²) >= 11 is 9.00. The lowest BCUT2D eigenvalue weighted by Gasteiger charge is -2.30. The molecule has 0 bridgehead atoms. The summed E-state index contributed by atoms with van der Waals surface area (Å²) in [5.74, 6) is 0. The van der Waals surface area contributed by atoms with Crippen LogP contribution in [0.1, 0.15) is 11.6 Å². The van der Waals surface area contributed by atoms with Crippen LogP contribution >= 0.6 is 27.5 Å². The third-order valence-electron chi connectivity index (χ3n) is 3.07. The second-order valence-electron chi connectivity index (χ2n) is 4.22. The molecule has 2 rings (SSSR count). The first kappa shape index (κ1) is 14.8. The molecule has 0 spiro atoms. The lowest BCUT2D eigenvalue weighted by atomic mass is 10.0. The fourth-order valence-corrected chi connectivity index (χ4v) is 2.80. The summed E-state index contributed by atoms with van der Waals surface area (Å²) < 4.78 is 0. The van der Waals surface area contributed by atoms with Crippen LogP contribution in [0.2, 0.25) is 5.02 Å². The van der Waals surface area contributed by atoms with Gasteiger partial charge in [0.15, 0.2) is 0 Å². The van der Waals surface area contributed by atoms with Crippen molar-refractivity contribution in [3.8, 4) is 0 Å². The number of halogens is 2. The Morgan fingerprint density at radius 1 is 1.45 bits per heavy atom. The van der Waals surface area contributed by atoms with E-state index in [9.17, 15) is 14.9 Å². The Morgan fingerprint density at radius 2 is 2.05 bits per heavy atom. The van der Waals surface area contributed by atoms with Gasteiger partial charge in [-0.3, -0.25) is 15.0 Å². The molecule has 8 heteroatoms. The van der Waals surface area contributed by atoms with Crippen LogP contribution in [0.25, 0.3) is 0 Å². The molecule has 1 N–H and O–H groups in total. The molecule has 1 heterocycles. The topological polar surface area (TPSA) is 75.5 Å². The highest BCUT2D eigenvalue weighted by atomic mass is 79.9. The van der Waals surface area contributed by atoms with Crippen molar-refractivity contribution >= 4 is 33.6 Å². The smallest absolute Gasteiger partial charge is 0.321 e. The molecule has 0 radical (unpaired) electrons. The SMILES string of the molecule is CN1C(=O)NC(c2ccc(Cl)cc2)C([N+](=O)[O-])=C1CBr. The summed E-state index contributed by atoms with van der Waals surface area (Å²) in [6.45, 7) is 0. The number of hydrogen-bond acceptors (Lipinski definition) is 3. The Labute approximate surface area is 128 Å². The van der Waals surface area contributed by atoms with E-state index in [1.807, 2.05) is 0 Å². The van der Waals surface area contributed by atoms with E-state index in [2.05, 4.69) is 21.2 Å². The minimum absolute atomic E-state index is 0.0497. The molecule has 20 heavy (non-hydrogen) atoms. The first-order chi connectivity index (χ1) is 9.45. The molecule has 2 amide bonds. The molecule has 0 aromatic heterocycles. The summed E-state index contributed by atoms with van der Waals surface area (Å²) in [5.41, 5.74) is 0.894. The predicted molar refractivity (Wildman–Crippen MR) is 78.3 cm³/mol. The predicted octanol–water partition coefficient (Wildman–Crippen LogP) is 2.92. The molecule has 1 aliphatic heterocycles. The van der Waals surface area contributed by atoms with Gasteiger partial charge in [-0.25, -0.2) is 4.79 Å². The van der Waals surface area contributed by atoms with Crippen molar-refractivity contribution in [3.63, 3.8) is 0 Å². The lowest BCUT2D eigenvalue weighted by Crippen LogP contribution is -2.46. The average molecular weight is 361 g/mol. The number of amides is 2. The first-order valence-electron chi connectivity index (χ1n) is 5.68. The van der Waals surface area contributed by atoms with Gasteiger partial charge in [-0.2, -0.15) is 0 Å². The molecule has 1 atom stereocenters. The fraction of sp³-hybridized carbons (Fsp3) is 0.250. The van der Waals surface area contributed by atoms with Crippen molar-refractivity contribution in [1.29, 1.82) is 0 Å². The van der Waals surface area contributed by atoms with Crippen LogP contribution in [0.3, 0.4) is 0 Å². The normalized spacial score (nSPS) is 19.1. The number of allylic oxidation sites excluding steroid dienone is 1. The summed E-state index contributed by atoms with van der Waals surface area (Å²) in [4.78, 5) is 24.0. The average Bonchev–Trinajstić information content (AvgIpc) is 2.41. The van der Waals surface area contributed by atoms with Gasteiger partial charge in [-0.1, -0.05) is 39.7 Å². The highest BCUT2D eigenvalue weighted by molar-refractivity contribution is 9.09. The number of carbonyl (C=O) groups is 1. The molecule has 0 saturated carbocycles. The highest BCUT2D eigenvalue weighted by Crippen LogP contribution is 2.31. The van der Waals surface area contributed by atoms with Crippen LogP contribution in [-0.4, -0.2) is 28.2 Å². The number of carbonyl (C=O) groups excluding carboxylic acids is 1. The van der Waals surface area contributed by atoms with Crippen molar-refractivity contribution in [3.05, 3.63) is 56.4 Å². The van der Waals surface area contributed by atoms with Gasteiger partial charge in [0.2, 0.25) is 0 Å². The van der Waals surface area contributed by atoms with Gasteiger partial charge in [0, 0.05) is 12.1 Å². The van der Waals surface area contributed by atoms with Crippen molar-refractivity contribution in [2.75, 3.05) is 12.4 Å². The zero-order chi connectivity index (χ0) is 14.9. The number of nitro groups is 1. The van der Waals surface area contributed by atoms with E-state index >= 15 is 0 Å². The van der Waals surface area contributed by atoms with Crippen LogP contribution in [0.15, 0.2) is 35.7 Å². The second kappa shape index (κ2) is 5.80. The third kappa shape index (κ3) is 2.64. The third-order valence-corrected chi connectivity index (χ3v) is 3.86. The van der Waals surface area contributed by atoms with Crippen molar-refractivity contribution in [2.45, 2.75) is 6.04 Å². The minimum Gasteiger partial charge on any atom is -0.321 e. The molecule has 1 aromatic carbocycles. The zero-order valence-corrected chi connectivity index (χ0v) is 12.8. The van der Waals surface area contributed by atoms with Crippen LogP contribution in [-0.2, 0) is 0 Å². The Kier molecular flexibility index (Phi) is 4.29. The second-order valence-corrected chi connectivity index (χ2v) is 5.21. The molecule has 0 fully saturated rings. The molecule has 0 aliphatic carbocycles. The standard InChI is InChI=1S/C12H11BrClN3O3/c1-16-9(6-13)11(17(19)20)10(15-12(16)18)7-2-4-8(14)5-3-7/h2-5,10H,6H2,1H3,(H,15,18). The largest absolute Gasteiger partial charge is 0.322 e. The molecule has 0 saturated heterocycles. The van der Waals surface area contributed by atoms with Crippen molar-refractivity contribution in [1.82, 2.24) is 10.2 Å². The van der Waals surface area contributed by atoms with Gasteiger partial charge in [-0.15, -0.1) is 0 Å². The van der Waals surface area contributed by atoms with Crippen LogP contribution in [0.4, 0.5) is 4.79 Å². The lowest BCUT2D eigenvalue weighted by molar-refractivity contribution is -0.433. The van der Waals surface area contributed by atoms with E-state index in [1.165, 1.54) is 11.9 Å². The number of benzene rings is 1.